The SMILES string of the molecule is COC(=O)[C@H](Cc1ccc([N+](=O)[O-])cc1)NC(=O)c1ccc(C(F)(F)F)cc1. The molecule has 7 nitrogen and oxygen atoms in total. The molecule has 0 spiro atoms. The van der Waals surface area contributed by atoms with Crippen molar-refractivity contribution in [2.75, 3.05) is 7.11 Å². The molecule has 28 heavy (non-hydrogen) atoms. The number of ether oxygens (including phenoxy) is 1. The Kier molecular flexibility index (Phi) is 6.34. The molecule has 0 saturated carbocycles. The van der Waals surface area contributed by atoms with Crippen LogP contribution in [0, 0.1) is 10.1 Å². The zero-order valence-corrected chi connectivity index (χ0v) is 14.5. The number of carbonyl (C=O) groups is 2. The van der Waals surface area contributed by atoms with Crippen LogP contribution >= 0.6 is 0 Å². The summed E-state index contributed by atoms with van der Waals surface area (Å²) in [5.74, 6) is -1.52. The summed E-state index contributed by atoms with van der Waals surface area (Å²) < 4.78 is 42.4. The minimum atomic E-state index is -4.53. The Bertz CT molecular complexity index is 864. The Morgan fingerprint density at radius 2 is 1.68 bits per heavy atom. The molecule has 0 bridgehead atoms. The summed E-state index contributed by atoms with van der Waals surface area (Å²) in [5.41, 5.74) is -0.578. The van der Waals surface area contributed by atoms with Gasteiger partial charge in [-0.2, -0.15) is 13.2 Å². The van der Waals surface area contributed by atoms with Gasteiger partial charge in [-0.15, -0.1) is 0 Å². The van der Waals surface area contributed by atoms with E-state index in [0.717, 1.165) is 31.4 Å². The molecule has 2 aromatic rings. The number of nitrogens with zero attached hydrogens (tertiary/aromatic N) is 1. The number of amides is 1. The van der Waals surface area contributed by atoms with Crippen LogP contribution in [0.2, 0.25) is 0 Å². The quantitative estimate of drug-likeness (QED) is 0.460. The lowest BCUT2D eigenvalue weighted by Crippen LogP contribution is -2.43. The van der Waals surface area contributed by atoms with E-state index >= 15 is 0 Å². The van der Waals surface area contributed by atoms with Gasteiger partial charge in [0, 0.05) is 24.1 Å². The van der Waals surface area contributed by atoms with Gasteiger partial charge in [0.15, 0.2) is 0 Å². The number of rotatable bonds is 6. The van der Waals surface area contributed by atoms with Gasteiger partial charge in [0.1, 0.15) is 6.04 Å². The summed E-state index contributed by atoms with van der Waals surface area (Å²) in [4.78, 5) is 34.3. The van der Waals surface area contributed by atoms with Crippen molar-refractivity contribution < 1.29 is 32.4 Å². The van der Waals surface area contributed by atoms with E-state index in [1.54, 1.807) is 0 Å². The number of hydrogen-bond donors (Lipinski definition) is 1. The zero-order valence-electron chi connectivity index (χ0n) is 14.5. The fourth-order valence-electron chi connectivity index (χ4n) is 2.38. The van der Waals surface area contributed by atoms with Gasteiger partial charge in [-0.05, 0) is 29.8 Å². The molecule has 1 atom stereocenters. The van der Waals surface area contributed by atoms with E-state index in [-0.39, 0.29) is 17.7 Å². The first-order valence-corrected chi connectivity index (χ1v) is 7.91. The Morgan fingerprint density at radius 3 is 2.14 bits per heavy atom. The van der Waals surface area contributed by atoms with E-state index in [9.17, 15) is 32.9 Å². The predicted molar refractivity (Wildman–Crippen MR) is 91.5 cm³/mol. The highest BCUT2D eigenvalue weighted by Crippen LogP contribution is 2.29. The van der Waals surface area contributed by atoms with E-state index in [1.807, 2.05) is 0 Å². The molecule has 1 amide bonds. The minimum Gasteiger partial charge on any atom is -0.467 e. The number of nitro benzene ring substituents is 1. The second-order valence-electron chi connectivity index (χ2n) is 5.75. The number of alkyl halides is 3. The lowest BCUT2D eigenvalue weighted by Gasteiger charge is -2.17. The fourth-order valence-corrected chi connectivity index (χ4v) is 2.38. The van der Waals surface area contributed by atoms with Gasteiger partial charge in [-0.1, -0.05) is 12.1 Å². The number of methoxy groups -OCH3 is 1. The molecule has 0 saturated heterocycles. The van der Waals surface area contributed by atoms with Crippen LogP contribution in [0.1, 0.15) is 21.5 Å². The minimum absolute atomic E-state index is 0.0168. The molecule has 10 heteroatoms. The van der Waals surface area contributed by atoms with Gasteiger partial charge in [0.05, 0.1) is 17.6 Å². The van der Waals surface area contributed by atoms with Crippen LogP contribution < -0.4 is 5.32 Å². The highest BCUT2D eigenvalue weighted by atomic mass is 19.4. The van der Waals surface area contributed by atoms with Crippen molar-refractivity contribution in [1.82, 2.24) is 5.32 Å². The van der Waals surface area contributed by atoms with E-state index in [2.05, 4.69) is 10.1 Å². The number of hydrogen-bond acceptors (Lipinski definition) is 5. The summed E-state index contributed by atoms with van der Waals surface area (Å²) in [6, 6.07) is 7.76. The Balaban J connectivity index is 2.14. The molecule has 0 radical (unpaired) electrons. The summed E-state index contributed by atoms with van der Waals surface area (Å²) in [6.45, 7) is 0. The Labute approximate surface area is 157 Å². The van der Waals surface area contributed by atoms with Crippen LogP contribution in [0.25, 0.3) is 0 Å². The Morgan fingerprint density at radius 1 is 1.11 bits per heavy atom. The third-order valence-electron chi connectivity index (χ3n) is 3.85. The summed E-state index contributed by atoms with van der Waals surface area (Å²) in [7, 11) is 1.12. The first-order chi connectivity index (χ1) is 13.1. The molecule has 2 aromatic carbocycles. The average Bonchev–Trinajstić information content (AvgIpc) is 2.66. The molecule has 0 aromatic heterocycles. The number of nitro groups is 1. The second kappa shape index (κ2) is 8.51. The summed E-state index contributed by atoms with van der Waals surface area (Å²) in [5, 5.41) is 13.1. The molecular weight excluding hydrogens is 381 g/mol. The van der Waals surface area contributed by atoms with Crippen molar-refractivity contribution in [3.05, 3.63) is 75.3 Å². The third kappa shape index (κ3) is 5.29. The van der Waals surface area contributed by atoms with E-state index < -0.39 is 34.6 Å². The standard InChI is InChI=1S/C18H15F3N2O5/c1-28-17(25)15(10-11-2-8-14(9-3-11)23(26)27)22-16(24)12-4-6-13(7-5-12)18(19,20)21/h2-9,15H,10H2,1H3,(H,22,24)/t15-/m0/s1. The maximum absolute atomic E-state index is 12.6. The molecule has 0 aliphatic carbocycles. The van der Waals surface area contributed by atoms with Gasteiger partial charge < -0.3 is 10.1 Å². The molecule has 0 heterocycles. The van der Waals surface area contributed by atoms with E-state index in [0.29, 0.717) is 5.56 Å². The first-order valence-electron chi connectivity index (χ1n) is 7.91. The van der Waals surface area contributed by atoms with Crippen molar-refractivity contribution in [3.8, 4) is 0 Å². The van der Waals surface area contributed by atoms with Crippen molar-refractivity contribution in [2.45, 2.75) is 18.6 Å². The Hall–Kier alpha value is -3.43. The fraction of sp³-hybridized carbons (Fsp3) is 0.222. The maximum Gasteiger partial charge on any atom is 0.416 e. The largest absolute Gasteiger partial charge is 0.467 e. The lowest BCUT2D eigenvalue weighted by molar-refractivity contribution is -0.384. The summed E-state index contributed by atoms with van der Waals surface area (Å²) in [6.07, 6.45) is -4.55. The van der Waals surface area contributed by atoms with Gasteiger partial charge in [0.25, 0.3) is 11.6 Å². The number of non-ortho nitro benzene ring substituents is 1. The van der Waals surface area contributed by atoms with Crippen molar-refractivity contribution in [3.63, 3.8) is 0 Å². The van der Waals surface area contributed by atoms with E-state index in [4.69, 9.17) is 0 Å². The third-order valence-corrected chi connectivity index (χ3v) is 3.85. The number of halogens is 3. The predicted octanol–water partition coefficient (Wildman–Crippen LogP) is 3.13. The molecule has 0 fully saturated rings. The molecule has 148 valence electrons. The van der Waals surface area contributed by atoms with Crippen molar-refractivity contribution in [1.29, 1.82) is 0 Å². The highest BCUT2D eigenvalue weighted by molar-refractivity contribution is 5.96. The number of esters is 1. The van der Waals surface area contributed by atoms with Gasteiger partial charge in [0.2, 0.25) is 0 Å². The zero-order chi connectivity index (χ0) is 20.9. The first kappa shape index (κ1) is 20.9. The van der Waals surface area contributed by atoms with Gasteiger partial charge in [-0.3, -0.25) is 14.9 Å². The van der Waals surface area contributed by atoms with Crippen molar-refractivity contribution >= 4 is 17.6 Å². The van der Waals surface area contributed by atoms with Crippen LogP contribution in [0.3, 0.4) is 0 Å². The van der Waals surface area contributed by atoms with Crippen LogP contribution in [-0.2, 0) is 22.1 Å². The normalized spacial score (nSPS) is 12.1. The monoisotopic (exact) mass is 396 g/mol. The molecule has 1 N–H and O–H groups in total. The van der Waals surface area contributed by atoms with Crippen LogP contribution in [0.4, 0.5) is 18.9 Å². The molecule has 2 rings (SSSR count). The summed E-state index contributed by atoms with van der Waals surface area (Å²) >= 11 is 0. The number of nitrogens with one attached hydrogen (secondary N) is 1. The molecule has 0 aliphatic rings. The maximum atomic E-state index is 12.6. The number of benzene rings is 2. The van der Waals surface area contributed by atoms with Crippen LogP contribution in [-0.4, -0.2) is 30.0 Å². The van der Waals surface area contributed by atoms with Crippen LogP contribution in [0.15, 0.2) is 48.5 Å². The van der Waals surface area contributed by atoms with Gasteiger partial charge >= 0.3 is 12.1 Å². The average molecular weight is 396 g/mol. The van der Waals surface area contributed by atoms with Crippen molar-refractivity contribution in [2.24, 2.45) is 0 Å². The second-order valence-corrected chi connectivity index (χ2v) is 5.75. The molecule has 0 aliphatic heterocycles. The lowest BCUT2D eigenvalue weighted by atomic mass is 10.0. The molecular formula is C18H15F3N2O5. The molecule has 0 unspecified atom stereocenters. The van der Waals surface area contributed by atoms with Gasteiger partial charge in [-0.25, -0.2) is 4.79 Å². The van der Waals surface area contributed by atoms with Crippen LogP contribution in [0.5, 0.6) is 0 Å². The topological polar surface area (TPSA) is 98.5 Å². The highest BCUT2D eigenvalue weighted by Gasteiger charge is 2.30. The van der Waals surface area contributed by atoms with E-state index in [1.165, 1.54) is 24.3 Å². The number of carbonyl (C=O) groups excluding carboxylic acids is 2. The smallest absolute Gasteiger partial charge is 0.416 e.